The summed E-state index contributed by atoms with van der Waals surface area (Å²) in [6.45, 7) is 0.565. The molecule has 1 aromatic rings. The van der Waals surface area contributed by atoms with Crippen LogP contribution in [0.15, 0.2) is 12.1 Å². The molecule has 0 saturated carbocycles. The predicted molar refractivity (Wildman–Crippen MR) is 98.1 cm³/mol. The Morgan fingerprint density at radius 2 is 2.07 bits per heavy atom. The summed E-state index contributed by atoms with van der Waals surface area (Å²) in [5.74, 6) is -0.367. The number of carbonyl (C=O) groups excluding carboxylic acids is 2. The molecular formula is C17H24BN3O7. The lowest BCUT2D eigenvalue weighted by Crippen LogP contribution is -2.60. The van der Waals surface area contributed by atoms with E-state index in [-0.39, 0.29) is 55.0 Å². The van der Waals surface area contributed by atoms with Crippen molar-refractivity contribution in [1.82, 2.24) is 4.90 Å². The number of nitrogens with zero attached hydrogens (tertiary/aromatic N) is 1. The average Bonchev–Trinajstić information content (AvgIpc) is 2.60. The zero-order valence-electron chi connectivity index (χ0n) is 15.3. The van der Waals surface area contributed by atoms with Gasteiger partial charge in [-0.3, -0.25) is 9.59 Å². The fourth-order valence-corrected chi connectivity index (χ4v) is 3.31. The molecule has 1 fully saturated rings. The molecule has 0 aliphatic carbocycles. The molecule has 0 aromatic heterocycles. The van der Waals surface area contributed by atoms with E-state index in [9.17, 15) is 24.8 Å². The largest absolute Gasteiger partial charge is 0.535 e. The van der Waals surface area contributed by atoms with E-state index in [1.54, 1.807) is 12.1 Å². The first-order chi connectivity index (χ1) is 13.3. The van der Waals surface area contributed by atoms with Crippen LogP contribution in [-0.2, 0) is 16.0 Å². The quantitative estimate of drug-likeness (QED) is 0.269. The lowest BCUT2D eigenvalue weighted by atomic mass is 9.78. The molecule has 2 aliphatic heterocycles. The Kier molecular flexibility index (Phi) is 6.09. The van der Waals surface area contributed by atoms with E-state index in [0.29, 0.717) is 12.7 Å². The van der Waals surface area contributed by atoms with Crippen molar-refractivity contribution in [2.75, 3.05) is 13.1 Å². The number of aliphatic hydroxyl groups is 2. The molecule has 0 spiro atoms. The van der Waals surface area contributed by atoms with E-state index >= 15 is 0 Å². The molecule has 11 heteroatoms. The van der Waals surface area contributed by atoms with Gasteiger partial charge in [-0.2, -0.15) is 0 Å². The molecule has 0 bridgehead atoms. The molecule has 2 aliphatic rings. The first kappa shape index (κ1) is 20.4. The zero-order chi connectivity index (χ0) is 20.4. The van der Waals surface area contributed by atoms with Crippen LogP contribution in [-0.4, -0.2) is 64.3 Å². The van der Waals surface area contributed by atoms with Crippen LogP contribution in [0.5, 0.6) is 11.5 Å². The number of amides is 2. The van der Waals surface area contributed by atoms with Gasteiger partial charge in [0, 0.05) is 6.42 Å². The van der Waals surface area contributed by atoms with Gasteiger partial charge in [0.1, 0.15) is 17.6 Å². The highest BCUT2D eigenvalue weighted by Crippen LogP contribution is 2.40. The number of likely N-dealkylation sites (tertiary alicyclic amines) is 1. The van der Waals surface area contributed by atoms with Crippen molar-refractivity contribution in [3.05, 3.63) is 23.3 Å². The Morgan fingerprint density at radius 1 is 1.36 bits per heavy atom. The highest BCUT2D eigenvalue weighted by atomic mass is 16.5. The number of carbonyl (C=O) groups is 2. The maximum Gasteiger partial charge on any atom is 0.522 e. The minimum atomic E-state index is -1.84. The van der Waals surface area contributed by atoms with Crippen LogP contribution in [0.2, 0.25) is 6.32 Å². The lowest BCUT2D eigenvalue weighted by Gasteiger charge is -2.40. The number of ether oxygens (including phenoxy) is 1. The van der Waals surface area contributed by atoms with Crippen molar-refractivity contribution in [3.8, 4) is 11.5 Å². The van der Waals surface area contributed by atoms with Gasteiger partial charge in [-0.15, -0.1) is 0 Å². The molecule has 10 nitrogen and oxygen atoms in total. The van der Waals surface area contributed by atoms with E-state index in [1.165, 1.54) is 4.90 Å². The van der Waals surface area contributed by atoms with E-state index in [1.807, 2.05) is 0 Å². The van der Waals surface area contributed by atoms with Crippen LogP contribution in [0.1, 0.15) is 30.3 Å². The van der Waals surface area contributed by atoms with Crippen molar-refractivity contribution < 1.29 is 34.2 Å². The Labute approximate surface area is 162 Å². The summed E-state index contributed by atoms with van der Waals surface area (Å²) in [6.07, 6.45) is -0.998. The van der Waals surface area contributed by atoms with Crippen molar-refractivity contribution in [2.24, 2.45) is 11.5 Å². The third-order valence-electron chi connectivity index (χ3n) is 4.88. The molecule has 1 atom stereocenters. The molecule has 1 saturated heterocycles. The van der Waals surface area contributed by atoms with E-state index in [2.05, 4.69) is 0 Å². The minimum absolute atomic E-state index is 0.0411. The molecule has 2 heterocycles. The summed E-state index contributed by atoms with van der Waals surface area (Å²) >= 11 is 0. The molecule has 28 heavy (non-hydrogen) atoms. The molecule has 3 rings (SSSR count). The first-order valence-corrected chi connectivity index (χ1v) is 9.12. The van der Waals surface area contributed by atoms with Crippen LogP contribution in [0, 0.1) is 0 Å². The number of fused-ring (bicyclic) bond motifs is 1. The number of rotatable bonds is 7. The molecule has 1 aromatic carbocycles. The van der Waals surface area contributed by atoms with Gasteiger partial charge >= 0.3 is 7.12 Å². The minimum Gasteiger partial charge on any atom is -0.535 e. The van der Waals surface area contributed by atoms with Crippen molar-refractivity contribution >= 4 is 18.9 Å². The second-order valence-corrected chi connectivity index (χ2v) is 7.05. The summed E-state index contributed by atoms with van der Waals surface area (Å²) in [5.41, 5.74) is 11.7. The Hall–Kier alpha value is -2.34. The molecule has 152 valence electrons. The maximum atomic E-state index is 12.2. The summed E-state index contributed by atoms with van der Waals surface area (Å²) in [7, 11) is -1.01. The highest BCUT2D eigenvalue weighted by Gasteiger charge is 2.36. The monoisotopic (exact) mass is 393 g/mol. The lowest BCUT2D eigenvalue weighted by molar-refractivity contribution is -0.141. The van der Waals surface area contributed by atoms with Crippen LogP contribution >= 0.6 is 0 Å². The number of benzene rings is 1. The number of nitrogens with two attached hydrogens (primary N) is 2. The number of aryl methyl sites for hydroxylation is 1. The third-order valence-corrected chi connectivity index (χ3v) is 4.88. The van der Waals surface area contributed by atoms with Crippen LogP contribution in [0.25, 0.3) is 0 Å². The Balaban J connectivity index is 1.62. The van der Waals surface area contributed by atoms with E-state index in [0.717, 1.165) is 5.56 Å². The normalized spacial score (nSPS) is 17.6. The van der Waals surface area contributed by atoms with Crippen molar-refractivity contribution in [3.63, 3.8) is 0 Å². The van der Waals surface area contributed by atoms with Gasteiger partial charge in [0.25, 0.3) is 0 Å². The fourth-order valence-electron chi connectivity index (χ4n) is 3.31. The van der Waals surface area contributed by atoms with Crippen LogP contribution < -0.4 is 20.9 Å². The number of aliphatic hydroxyl groups excluding tert-OH is 1. The van der Waals surface area contributed by atoms with E-state index < -0.39 is 25.4 Å². The van der Waals surface area contributed by atoms with Gasteiger partial charge in [-0.05, 0) is 30.8 Å². The van der Waals surface area contributed by atoms with E-state index in [4.69, 9.17) is 20.9 Å². The van der Waals surface area contributed by atoms with Gasteiger partial charge in [0.2, 0.25) is 11.8 Å². The molecule has 0 unspecified atom stereocenters. The third kappa shape index (κ3) is 4.38. The Morgan fingerprint density at radius 3 is 2.71 bits per heavy atom. The van der Waals surface area contributed by atoms with Crippen LogP contribution in [0.4, 0.5) is 0 Å². The van der Waals surface area contributed by atoms with Crippen LogP contribution in [0.3, 0.4) is 0 Å². The Bertz CT molecular complexity index is 755. The topological polar surface area (TPSA) is 169 Å². The number of hydrogen-bond acceptors (Lipinski definition) is 8. The molecular weight excluding hydrogens is 369 g/mol. The molecule has 0 radical (unpaired) electrons. The average molecular weight is 393 g/mol. The fraction of sp³-hybridized carbons (Fsp3) is 0.529. The summed E-state index contributed by atoms with van der Waals surface area (Å²) in [6, 6.07) is 2.57. The van der Waals surface area contributed by atoms with Gasteiger partial charge in [-0.25, -0.2) is 0 Å². The number of primary amides is 1. The predicted octanol–water partition coefficient (Wildman–Crippen LogP) is -1.73. The summed E-state index contributed by atoms with van der Waals surface area (Å²) in [4.78, 5) is 24.5. The zero-order valence-corrected chi connectivity index (χ0v) is 15.3. The summed E-state index contributed by atoms with van der Waals surface area (Å²) in [5, 5.41) is 29.2. The van der Waals surface area contributed by atoms with Gasteiger partial charge in [0.15, 0.2) is 6.29 Å². The van der Waals surface area contributed by atoms with Crippen molar-refractivity contribution in [1.29, 1.82) is 0 Å². The summed E-state index contributed by atoms with van der Waals surface area (Å²) < 4.78 is 11.2. The van der Waals surface area contributed by atoms with Crippen molar-refractivity contribution in [2.45, 2.75) is 44.0 Å². The van der Waals surface area contributed by atoms with Gasteiger partial charge in [-0.1, -0.05) is 6.07 Å². The SMILES string of the molecule is NC(=O)CC[C@@H](N)C(=O)N1CC(Oc2ccc3c(c2C(O)O)OB(O)CC3)C1. The standard InChI is InChI=1S/C17H24BN3O7/c19-11(2-4-13(20)22)16(23)21-7-10(8-21)27-12-3-1-9-5-6-18(26)28-15(9)14(12)17(24)25/h1,3,10-11,17,24-26H,2,4-8,19H2,(H2,20,22)/t11-/m1/s1. The second kappa shape index (κ2) is 8.35. The van der Waals surface area contributed by atoms with Gasteiger partial charge in [0.05, 0.1) is 24.7 Å². The smallest absolute Gasteiger partial charge is 0.522 e. The maximum absolute atomic E-state index is 12.2. The second-order valence-electron chi connectivity index (χ2n) is 7.05. The highest BCUT2D eigenvalue weighted by molar-refractivity contribution is 6.44. The molecule has 2 amide bonds. The molecule has 7 N–H and O–H groups in total. The first-order valence-electron chi connectivity index (χ1n) is 9.12. The van der Waals surface area contributed by atoms with Gasteiger partial charge < -0.3 is 41.0 Å². The number of hydrogen-bond donors (Lipinski definition) is 5.